The van der Waals surface area contributed by atoms with Gasteiger partial charge in [0.15, 0.2) is 0 Å². The van der Waals surface area contributed by atoms with Gasteiger partial charge in [-0.25, -0.2) is 4.79 Å². The Bertz CT molecular complexity index is 610. The summed E-state index contributed by atoms with van der Waals surface area (Å²) >= 11 is 1.67. The Labute approximate surface area is 134 Å². The number of methoxy groups -OCH3 is 2. The normalized spacial score (nSPS) is 11.8. The molecule has 0 radical (unpaired) electrons. The van der Waals surface area contributed by atoms with Gasteiger partial charge in [-0.15, -0.1) is 11.3 Å². The van der Waals surface area contributed by atoms with Crippen molar-refractivity contribution in [2.45, 2.75) is 13.0 Å². The van der Waals surface area contributed by atoms with Gasteiger partial charge < -0.3 is 20.1 Å². The minimum atomic E-state index is -0.263. The molecule has 1 atom stereocenters. The topological polar surface area (TPSA) is 59.6 Å². The Morgan fingerprint density at radius 1 is 1.18 bits per heavy atom. The lowest BCUT2D eigenvalue weighted by atomic mass is 10.3. The summed E-state index contributed by atoms with van der Waals surface area (Å²) in [5.41, 5.74) is 0.708. The Morgan fingerprint density at radius 2 is 1.91 bits per heavy atom. The van der Waals surface area contributed by atoms with Crippen molar-refractivity contribution >= 4 is 23.1 Å². The molecular weight excluding hydrogens is 300 g/mol. The molecule has 2 aromatic rings. The van der Waals surface area contributed by atoms with E-state index in [9.17, 15) is 4.79 Å². The van der Waals surface area contributed by atoms with Gasteiger partial charge in [0, 0.05) is 22.6 Å². The number of benzene rings is 1. The molecule has 6 heteroatoms. The van der Waals surface area contributed by atoms with Crippen LogP contribution in [0.25, 0.3) is 0 Å². The molecule has 5 nitrogen and oxygen atoms in total. The molecule has 0 saturated heterocycles. The van der Waals surface area contributed by atoms with E-state index in [1.807, 2.05) is 19.1 Å². The van der Waals surface area contributed by atoms with E-state index in [1.54, 1.807) is 49.8 Å². The first-order valence-electron chi connectivity index (χ1n) is 6.90. The maximum absolute atomic E-state index is 11.9. The minimum Gasteiger partial charge on any atom is -0.497 e. The molecular formula is C16H20N2O3S. The Balaban J connectivity index is 1.85. The van der Waals surface area contributed by atoms with Gasteiger partial charge in [-0.05, 0) is 43.3 Å². The van der Waals surface area contributed by atoms with Gasteiger partial charge >= 0.3 is 6.03 Å². The van der Waals surface area contributed by atoms with Gasteiger partial charge in [-0.1, -0.05) is 0 Å². The van der Waals surface area contributed by atoms with Crippen molar-refractivity contribution in [3.05, 3.63) is 46.2 Å². The number of carbonyl (C=O) groups excluding carboxylic acids is 1. The molecule has 0 unspecified atom stereocenters. The zero-order valence-electron chi connectivity index (χ0n) is 12.9. The molecule has 0 aliphatic heterocycles. The first kappa shape index (κ1) is 16.3. The zero-order valence-corrected chi connectivity index (χ0v) is 13.7. The van der Waals surface area contributed by atoms with E-state index in [-0.39, 0.29) is 12.1 Å². The third kappa shape index (κ3) is 4.47. The van der Waals surface area contributed by atoms with Gasteiger partial charge in [0.1, 0.15) is 11.9 Å². The van der Waals surface area contributed by atoms with Gasteiger partial charge in [-0.3, -0.25) is 0 Å². The highest BCUT2D eigenvalue weighted by Gasteiger charge is 2.13. The third-order valence-electron chi connectivity index (χ3n) is 3.16. The number of ether oxygens (including phenoxy) is 2. The molecule has 2 rings (SSSR count). The number of aryl methyl sites for hydroxylation is 1. The number of hydrogen-bond donors (Lipinski definition) is 2. The molecule has 1 aromatic heterocycles. The number of hydrogen-bond acceptors (Lipinski definition) is 4. The summed E-state index contributed by atoms with van der Waals surface area (Å²) in [6, 6.07) is 11.0. The van der Waals surface area contributed by atoms with Crippen LogP contribution in [-0.4, -0.2) is 26.8 Å². The number of anilines is 1. The Morgan fingerprint density at radius 3 is 2.45 bits per heavy atom. The van der Waals surface area contributed by atoms with Crippen LogP contribution in [0.4, 0.5) is 10.5 Å². The molecule has 0 fully saturated rings. The van der Waals surface area contributed by atoms with Crippen molar-refractivity contribution in [1.29, 1.82) is 0 Å². The van der Waals surface area contributed by atoms with Gasteiger partial charge in [0.05, 0.1) is 13.7 Å². The second-order valence-electron chi connectivity index (χ2n) is 4.74. The fourth-order valence-corrected chi connectivity index (χ4v) is 2.92. The molecule has 0 aliphatic carbocycles. The molecule has 0 spiro atoms. The van der Waals surface area contributed by atoms with E-state index in [0.29, 0.717) is 12.2 Å². The summed E-state index contributed by atoms with van der Waals surface area (Å²) in [4.78, 5) is 14.2. The lowest BCUT2D eigenvalue weighted by Gasteiger charge is -2.15. The van der Waals surface area contributed by atoms with Crippen LogP contribution < -0.4 is 15.4 Å². The summed E-state index contributed by atoms with van der Waals surface area (Å²) in [6.07, 6.45) is -0.139. The van der Waals surface area contributed by atoms with Crippen LogP contribution in [0.5, 0.6) is 5.75 Å². The molecule has 1 heterocycles. The standard InChI is InChI=1S/C16H20N2O3S/c1-11-4-9-15(22-11)14(21-3)10-17-16(19)18-12-5-7-13(20-2)8-6-12/h4-9,14H,10H2,1-3H3,(H2,17,18,19)/t14-/m0/s1. The fraction of sp³-hybridized carbons (Fsp3) is 0.312. The quantitative estimate of drug-likeness (QED) is 0.855. The SMILES string of the molecule is COc1ccc(NC(=O)NC[C@H](OC)c2ccc(C)s2)cc1. The minimum absolute atomic E-state index is 0.139. The second kappa shape index (κ2) is 7.82. The number of thiophene rings is 1. The number of urea groups is 1. The second-order valence-corrected chi connectivity index (χ2v) is 6.06. The summed E-state index contributed by atoms with van der Waals surface area (Å²) in [6.45, 7) is 2.46. The van der Waals surface area contributed by atoms with Crippen LogP contribution in [0.15, 0.2) is 36.4 Å². The highest BCUT2D eigenvalue weighted by Crippen LogP contribution is 2.24. The Kier molecular flexibility index (Phi) is 5.80. The molecule has 118 valence electrons. The number of amides is 2. The fourth-order valence-electron chi connectivity index (χ4n) is 1.96. The van der Waals surface area contributed by atoms with Crippen molar-refractivity contribution < 1.29 is 14.3 Å². The van der Waals surface area contributed by atoms with E-state index >= 15 is 0 Å². The largest absolute Gasteiger partial charge is 0.497 e. The first-order chi connectivity index (χ1) is 10.6. The lowest BCUT2D eigenvalue weighted by molar-refractivity contribution is 0.107. The highest BCUT2D eigenvalue weighted by molar-refractivity contribution is 7.12. The van der Waals surface area contributed by atoms with Crippen LogP contribution in [0.1, 0.15) is 15.9 Å². The smallest absolute Gasteiger partial charge is 0.319 e. The number of nitrogens with one attached hydrogen (secondary N) is 2. The van der Waals surface area contributed by atoms with E-state index in [2.05, 4.69) is 10.6 Å². The molecule has 2 amide bonds. The molecule has 22 heavy (non-hydrogen) atoms. The highest BCUT2D eigenvalue weighted by atomic mass is 32.1. The molecule has 0 aliphatic rings. The molecule has 0 bridgehead atoms. The predicted molar refractivity (Wildman–Crippen MR) is 88.8 cm³/mol. The summed E-state index contributed by atoms with van der Waals surface area (Å²) in [5.74, 6) is 0.749. The van der Waals surface area contributed by atoms with Crippen molar-refractivity contribution in [2.75, 3.05) is 26.1 Å². The van der Waals surface area contributed by atoms with Crippen LogP contribution in [0, 0.1) is 6.92 Å². The maximum atomic E-state index is 11.9. The van der Waals surface area contributed by atoms with Crippen molar-refractivity contribution in [1.82, 2.24) is 5.32 Å². The van der Waals surface area contributed by atoms with Crippen molar-refractivity contribution in [3.63, 3.8) is 0 Å². The summed E-state index contributed by atoms with van der Waals surface area (Å²) in [5, 5.41) is 5.59. The zero-order chi connectivity index (χ0) is 15.9. The molecule has 0 saturated carbocycles. The number of carbonyl (C=O) groups is 1. The summed E-state index contributed by atoms with van der Waals surface area (Å²) in [7, 11) is 3.25. The van der Waals surface area contributed by atoms with Crippen LogP contribution >= 0.6 is 11.3 Å². The van der Waals surface area contributed by atoms with E-state index < -0.39 is 0 Å². The lowest BCUT2D eigenvalue weighted by Crippen LogP contribution is -2.32. The van der Waals surface area contributed by atoms with Crippen molar-refractivity contribution in [2.24, 2.45) is 0 Å². The van der Waals surface area contributed by atoms with Crippen molar-refractivity contribution in [3.8, 4) is 5.75 Å². The predicted octanol–water partition coefficient (Wildman–Crippen LogP) is 3.57. The van der Waals surface area contributed by atoms with Crippen LogP contribution in [0.3, 0.4) is 0 Å². The average molecular weight is 320 g/mol. The van der Waals surface area contributed by atoms with Gasteiger partial charge in [0.25, 0.3) is 0 Å². The molecule has 2 N–H and O–H groups in total. The molecule has 1 aromatic carbocycles. The van der Waals surface area contributed by atoms with Gasteiger partial charge in [0.2, 0.25) is 0 Å². The third-order valence-corrected chi connectivity index (χ3v) is 4.25. The monoisotopic (exact) mass is 320 g/mol. The number of rotatable bonds is 6. The van der Waals surface area contributed by atoms with Crippen LogP contribution in [-0.2, 0) is 4.74 Å². The van der Waals surface area contributed by atoms with E-state index in [4.69, 9.17) is 9.47 Å². The maximum Gasteiger partial charge on any atom is 0.319 e. The van der Waals surface area contributed by atoms with Gasteiger partial charge in [-0.2, -0.15) is 0 Å². The van der Waals surface area contributed by atoms with E-state index in [0.717, 1.165) is 10.6 Å². The first-order valence-corrected chi connectivity index (χ1v) is 7.72. The average Bonchev–Trinajstić information content (AvgIpc) is 2.95. The Hall–Kier alpha value is -2.05. The van der Waals surface area contributed by atoms with Crippen LogP contribution in [0.2, 0.25) is 0 Å². The van der Waals surface area contributed by atoms with E-state index in [1.165, 1.54) is 4.88 Å². The summed E-state index contributed by atoms with van der Waals surface area (Å²) < 4.78 is 10.5.